The van der Waals surface area contributed by atoms with Crippen LogP contribution in [0.5, 0.6) is 0 Å². The lowest BCUT2D eigenvalue weighted by molar-refractivity contribution is -0.139. The van der Waals surface area contributed by atoms with Crippen LogP contribution < -0.4 is 0 Å². The van der Waals surface area contributed by atoms with Crippen molar-refractivity contribution >= 4 is 5.91 Å². The molecule has 0 saturated carbocycles. The maximum Gasteiger partial charge on any atom is 0.406 e. The van der Waals surface area contributed by atoms with E-state index in [4.69, 9.17) is 0 Å². The Kier molecular flexibility index (Phi) is 4.15. The van der Waals surface area contributed by atoms with Crippen LogP contribution in [0.4, 0.5) is 13.2 Å². The summed E-state index contributed by atoms with van der Waals surface area (Å²) in [5, 5.41) is 3.93. The van der Waals surface area contributed by atoms with Crippen molar-refractivity contribution in [2.24, 2.45) is 7.05 Å². The van der Waals surface area contributed by atoms with Gasteiger partial charge in [0.1, 0.15) is 12.2 Å². The van der Waals surface area contributed by atoms with Gasteiger partial charge in [0.25, 0.3) is 5.91 Å². The summed E-state index contributed by atoms with van der Waals surface area (Å²) in [7, 11) is 1.51. The van der Waals surface area contributed by atoms with Crippen LogP contribution in [0.15, 0.2) is 18.7 Å². The highest BCUT2D eigenvalue weighted by Crippen LogP contribution is 2.18. The van der Waals surface area contributed by atoms with Crippen LogP contribution in [-0.2, 0) is 7.05 Å². The quantitative estimate of drug-likeness (QED) is 0.777. The molecule has 0 aliphatic heterocycles. The standard InChI is InChI=1S/C11H14F3N3O/c1-4-5-17(7-11(12,13)14)10(18)9-6-8(2)15-16(9)3/h4,6H,1,5,7H2,2-3H3. The molecule has 0 unspecified atom stereocenters. The van der Waals surface area contributed by atoms with Crippen LogP contribution in [-0.4, -0.2) is 39.9 Å². The number of aromatic nitrogens is 2. The van der Waals surface area contributed by atoms with E-state index in [0.29, 0.717) is 10.6 Å². The molecule has 100 valence electrons. The van der Waals surface area contributed by atoms with E-state index in [1.165, 1.54) is 23.9 Å². The van der Waals surface area contributed by atoms with Crippen molar-refractivity contribution in [2.75, 3.05) is 13.1 Å². The number of halogens is 3. The Labute approximate surface area is 103 Å². The maximum absolute atomic E-state index is 12.4. The van der Waals surface area contributed by atoms with Crippen LogP contribution >= 0.6 is 0 Å². The van der Waals surface area contributed by atoms with Crippen molar-refractivity contribution in [3.05, 3.63) is 30.1 Å². The predicted octanol–water partition coefficient (Wildman–Crippen LogP) is 1.92. The summed E-state index contributed by atoms with van der Waals surface area (Å²) in [4.78, 5) is 12.6. The van der Waals surface area contributed by atoms with E-state index in [1.54, 1.807) is 6.92 Å². The zero-order valence-electron chi connectivity index (χ0n) is 10.2. The van der Waals surface area contributed by atoms with Crippen molar-refractivity contribution < 1.29 is 18.0 Å². The van der Waals surface area contributed by atoms with Gasteiger partial charge >= 0.3 is 6.18 Å². The highest BCUT2D eigenvalue weighted by molar-refractivity contribution is 5.92. The SMILES string of the molecule is C=CCN(CC(F)(F)F)C(=O)c1cc(C)nn1C. The number of hydrogen-bond donors (Lipinski definition) is 0. The Balaban J connectivity index is 2.96. The lowest BCUT2D eigenvalue weighted by Crippen LogP contribution is -2.39. The summed E-state index contributed by atoms with van der Waals surface area (Å²) in [6.07, 6.45) is -3.18. The van der Waals surface area contributed by atoms with Gasteiger partial charge in [-0.15, -0.1) is 6.58 Å². The highest BCUT2D eigenvalue weighted by atomic mass is 19.4. The molecule has 0 aliphatic carbocycles. The minimum atomic E-state index is -4.44. The first kappa shape index (κ1) is 14.3. The number of hydrogen-bond acceptors (Lipinski definition) is 2. The molecule has 0 saturated heterocycles. The Morgan fingerprint density at radius 3 is 2.61 bits per heavy atom. The van der Waals surface area contributed by atoms with Crippen molar-refractivity contribution in [3.8, 4) is 0 Å². The second kappa shape index (κ2) is 5.24. The molecule has 7 heteroatoms. The van der Waals surface area contributed by atoms with Gasteiger partial charge in [0.05, 0.1) is 5.69 Å². The second-order valence-corrected chi connectivity index (χ2v) is 3.88. The molecule has 1 aromatic heterocycles. The van der Waals surface area contributed by atoms with E-state index in [9.17, 15) is 18.0 Å². The summed E-state index contributed by atoms with van der Waals surface area (Å²) in [6, 6.07) is 1.45. The first-order valence-electron chi connectivity index (χ1n) is 5.22. The molecule has 0 aromatic carbocycles. The van der Waals surface area contributed by atoms with E-state index < -0.39 is 18.6 Å². The summed E-state index contributed by atoms with van der Waals surface area (Å²) < 4.78 is 38.3. The fraction of sp³-hybridized carbons (Fsp3) is 0.455. The van der Waals surface area contributed by atoms with Gasteiger partial charge in [-0.3, -0.25) is 9.48 Å². The molecule has 0 atom stereocenters. The van der Waals surface area contributed by atoms with Crippen LogP contribution in [0.2, 0.25) is 0 Å². The molecule has 1 heterocycles. The van der Waals surface area contributed by atoms with Crippen LogP contribution in [0.3, 0.4) is 0 Å². The van der Waals surface area contributed by atoms with E-state index in [0.717, 1.165) is 0 Å². The molecule has 1 rings (SSSR count). The minimum Gasteiger partial charge on any atom is -0.325 e. The van der Waals surface area contributed by atoms with Crippen LogP contribution in [0.25, 0.3) is 0 Å². The predicted molar refractivity (Wildman–Crippen MR) is 60.1 cm³/mol. The van der Waals surface area contributed by atoms with Gasteiger partial charge < -0.3 is 4.90 Å². The molecule has 18 heavy (non-hydrogen) atoms. The fourth-order valence-electron chi connectivity index (χ4n) is 1.56. The smallest absolute Gasteiger partial charge is 0.325 e. The third kappa shape index (κ3) is 3.61. The Bertz CT molecular complexity index is 451. The highest BCUT2D eigenvalue weighted by Gasteiger charge is 2.33. The topological polar surface area (TPSA) is 38.1 Å². The molecule has 0 spiro atoms. The molecule has 0 fully saturated rings. The van der Waals surface area contributed by atoms with E-state index in [1.807, 2.05) is 0 Å². The zero-order chi connectivity index (χ0) is 13.9. The van der Waals surface area contributed by atoms with E-state index >= 15 is 0 Å². The zero-order valence-corrected chi connectivity index (χ0v) is 10.2. The van der Waals surface area contributed by atoms with Gasteiger partial charge in [-0.05, 0) is 13.0 Å². The van der Waals surface area contributed by atoms with E-state index in [2.05, 4.69) is 11.7 Å². The minimum absolute atomic E-state index is 0.124. The van der Waals surface area contributed by atoms with Gasteiger partial charge in [-0.1, -0.05) is 6.08 Å². The number of aryl methyl sites for hydroxylation is 2. The molecule has 4 nitrogen and oxygen atoms in total. The molecule has 0 bridgehead atoms. The van der Waals surface area contributed by atoms with Gasteiger partial charge in [0, 0.05) is 13.6 Å². The molecule has 0 aliphatic rings. The van der Waals surface area contributed by atoms with Gasteiger partial charge in [0.15, 0.2) is 0 Å². The summed E-state index contributed by atoms with van der Waals surface area (Å²) in [5.41, 5.74) is 0.699. The number of nitrogens with zero attached hydrogens (tertiary/aromatic N) is 3. The number of alkyl halides is 3. The Hall–Kier alpha value is -1.79. The third-order valence-electron chi connectivity index (χ3n) is 2.23. The van der Waals surface area contributed by atoms with Crippen molar-refractivity contribution in [3.63, 3.8) is 0 Å². The molecule has 0 radical (unpaired) electrons. The fourth-order valence-corrected chi connectivity index (χ4v) is 1.56. The summed E-state index contributed by atoms with van der Waals surface area (Å²) in [5.74, 6) is -0.713. The van der Waals surface area contributed by atoms with Gasteiger partial charge in [0.2, 0.25) is 0 Å². The maximum atomic E-state index is 12.4. The van der Waals surface area contributed by atoms with Crippen LogP contribution in [0, 0.1) is 6.92 Å². The summed E-state index contributed by atoms with van der Waals surface area (Å²) in [6.45, 7) is 3.55. The average molecular weight is 261 g/mol. The number of amides is 1. The second-order valence-electron chi connectivity index (χ2n) is 3.88. The van der Waals surface area contributed by atoms with Crippen molar-refractivity contribution in [2.45, 2.75) is 13.1 Å². The largest absolute Gasteiger partial charge is 0.406 e. The third-order valence-corrected chi connectivity index (χ3v) is 2.23. The Morgan fingerprint density at radius 2 is 2.22 bits per heavy atom. The van der Waals surface area contributed by atoms with Crippen LogP contribution in [0.1, 0.15) is 16.2 Å². The molecule has 1 aromatic rings. The number of carbonyl (C=O) groups excluding carboxylic acids is 1. The molecular weight excluding hydrogens is 247 g/mol. The monoisotopic (exact) mass is 261 g/mol. The molecular formula is C11H14F3N3O. The van der Waals surface area contributed by atoms with E-state index in [-0.39, 0.29) is 12.2 Å². The lowest BCUT2D eigenvalue weighted by Gasteiger charge is -2.22. The summed E-state index contributed by atoms with van der Waals surface area (Å²) >= 11 is 0. The first-order chi connectivity index (χ1) is 8.24. The van der Waals surface area contributed by atoms with Crippen molar-refractivity contribution in [1.82, 2.24) is 14.7 Å². The molecule has 1 amide bonds. The number of carbonyl (C=O) groups is 1. The van der Waals surface area contributed by atoms with Crippen molar-refractivity contribution in [1.29, 1.82) is 0 Å². The number of rotatable bonds is 4. The normalized spacial score (nSPS) is 11.4. The average Bonchev–Trinajstić information content (AvgIpc) is 2.54. The molecule has 0 N–H and O–H groups in total. The first-order valence-corrected chi connectivity index (χ1v) is 5.22. The van der Waals surface area contributed by atoms with Gasteiger partial charge in [-0.25, -0.2) is 0 Å². The van der Waals surface area contributed by atoms with Gasteiger partial charge in [-0.2, -0.15) is 18.3 Å². The lowest BCUT2D eigenvalue weighted by atomic mass is 10.3. The Morgan fingerprint density at radius 1 is 1.61 bits per heavy atom.